The average Bonchev–Trinajstić information content (AvgIpc) is 2.56. The molecule has 0 saturated carbocycles. The highest BCUT2D eigenvalue weighted by molar-refractivity contribution is 5.79. The quantitative estimate of drug-likeness (QED) is 0.414. The Morgan fingerprint density at radius 1 is 1.17 bits per heavy atom. The molecule has 0 unspecified atom stereocenters. The van der Waals surface area contributed by atoms with E-state index >= 15 is 0 Å². The van der Waals surface area contributed by atoms with Gasteiger partial charge in [-0.15, -0.1) is 0 Å². The van der Waals surface area contributed by atoms with Gasteiger partial charge in [-0.25, -0.2) is 0 Å². The molecule has 0 atom stereocenters. The van der Waals surface area contributed by atoms with Crippen LogP contribution in [0.4, 0.5) is 0 Å². The van der Waals surface area contributed by atoms with E-state index in [1.54, 1.807) is 14.2 Å². The van der Waals surface area contributed by atoms with Crippen molar-refractivity contribution >= 4 is 5.96 Å². The van der Waals surface area contributed by atoms with Crippen molar-refractivity contribution in [3.05, 3.63) is 29.8 Å². The molecule has 5 heteroatoms. The van der Waals surface area contributed by atoms with Gasteiger partial charge < -0.3 is 15.4 Å². The standard InChI is InChI=1S/C19H34N4O/c1-15(2)23(16(3)4)12-8-11-21-19(20-5)22-14-17-9-7-10-18(13-17)24-6/h7,9-10,13,15-16H,8,11-12,14H2,1-6H3,(H2,20,21,22). The zero-order chi connectivity index (χ0) is 17.9. The molecule has 1 aromatic carbocycles. The van der Waals surface area contributed by atoms with Crippen LogP contribution in [0.5, 0.6) is 5.75 Å². The normalized spacial score (nSPS) is 12.1. The molecule has 2 N–H and O–H groups in total. The van der Waals surface area contributed by atoms with E-state index in [4.69, 9.17) is 4.74 Å². The van der Waals surface area contributed by atoms with E-state index in [9.17, 15) is 0 Å². The second kappa shape index (κ2) is 10.9. The number of methoxy groups -OCH3 is 1. The summed E-state index contributed by atoms with van der Waals surface area (Å²) in [5.74, 6) is 1.71. The van der Waals surface area contributed by atoms with Crippen molar-refractivity contribution in [1.82, 2.24) is 15.5 Å². The van der Waals surface area contributed by atoms with Gasteiger partial charge >= 0.3 is 0 Å². The Labute approximate surface area is 147 Å². The van der Waals surface area contributed by atoms with Crippen LogP contribution in [0.1, 0.15) is 39.7 Å². The lowest BCUT2D eigenvalue weighted by Crippen LogP contribution is -2.41. The molecule has 0 spiro atoms. The van der Waals surface area contributed by atoms with Gasteiger partial charge in [-0.2, -0.15) is 0 Å². The van der Waals surface area contributed by atoms with Gasteiger partial charge in [-0.3, -0.25) is 9.89 Å². The fourth-order valence-corrected chi connectivity index (χ4v) is 2.77. The molecule has 0 amide bonds. The largest absolute Gasteiger partial charge is 0.497 e. The second-order valence-corrected chi connectivity index (χ2v) is 6.48. The lowest BCUT2D eigenvalue weighted by molar-refractivity contribution is 0.173. The predicted molar refractivity (Wildman–Crippen MR) is 103 cm³/mol. The van der Waals surface area contributed by atoms with Gasteiger partial charge in [0.2, 0.25) is 0 Å². The first-order valence-electron chi connectivity index (χ1n) is 8.81. The van der Waals surface area contributed by atoms with Crippen LogP contribution in [0.3, 0.4) is 0 Å². The molecule has 0 radical (unpaired) electrons. The average molecular weight is 335 g/mol. The molecule has 0 aliphatic heterocycles. The number of guanidine groups is 1. The van der Waals surface area contributed by atoms with E-state index in [2.05, 4.69) is 54.3 Å². The Balaban J connectivity index is 2.35. The van der Waals surface area contributed by atoms with Crippen LogP contribution in [0, 0.1) is 0 Å². The van der Waals surface area contributed by atoms with Crippen molar-refractivity contribution in [2.45, 2.75) is 52.7 Å². The van der Waals surface area contributed by atoms with Gasteiger partial charge in [0.25, 0.3) is 0 Å². The summed E-state index contributed by atoms with van der Waals surface area (Å²) in [6.07, 6.45) is 1.09. The van der Waals surface area contributed by atoms with Gasteiger partial charge in [-0.1, -0.05) is 12.1 Å². The number of hydrogen-bond donors (Lipinski definition) is 2. The van der Waals surface area contributed by atoms with Crippen LogP contribution in [0.25, 0.3) is 0 Å². The van der Waals surface area contributed by atoms with Crippen LogP contribution >= 0.6 is 0 Å². The number of nitrogens with one attached hydrogen (secondary N) is 2. The monoisotopic (exact) mass is 334 g/mol. The zero-order valence-electron chi connectivity index (χ0n) is 16.1. The molecule has 0 aliphatic carbocycles. The highest BCUT2D eigenvalue weighted by atomic mass is 16.5. The lowest BCUT2D eigenvalue weighted by Gasteiger charge is -2.30. The van der Waals surface area contributed by atoms with Gasteiger partial charge in [0.15, 0.2) is 5.96 Å². The van der Waals surface area contributed by atoms with E-state index in [0.717, 1.165) is 37.8 Å². The van der Waals surface area contributed by atoms with Crippen LogP contribution < -0.4 is 15.4 Å². The molecule has 5 nitrogen and oxygen atoms in total. The first-order chi connectivity index (χ1) is 11.5. The van der Waals surface area contributed by atoms with Gasteiger partial charge in [0.1, 0.15) is 5.75 Å². The Morgan fingerprint density at radius 2 is 1.88 bits per heavy atom. The summed E-state index contributed by atoms with van der Waals surface area (Å²) in [5, 5.41) is 6.72. The number of benzene rings is 1. The van der Waals surface area contributed by atoms with Gasteiger partial charge in [0.05, 0.1) is 7.11 Å². The highest BCUT2D eigenvalue weighted by Gasteiger charge is 2.12. The topological polar surface area (TPSA) is 48.9 Å². The molecule has 24 heavy (non-hydrogen) atoms. The molecule has 0 aliphatic rings. The van der Waals surface area contributed by atoms with E-state index < -0.39 is 0 Å². The maximum absolute atomic E-state index is 5.25. The van der Waals surface area contributed by atoms with Crippen LogP contribution in [-0.4, -0.2) is 50.2 Å². The molecular formula is C19H34N4O. The molecule has 1 rings (SSSR count). The molecule has 0 bridgehead atoms. The summed E-state index contributed by atoms with van der Waals surface area (Å²) in [6, 6.07) is 9.21. The Morgan fingerprint density at radius 3 is 2.46 bits per heavy atom. The Bertz CT molecular complexity index is 492. The number of nitrogens with zero attached hydrogens (tertiary/aromatic N) is 2. The minimum absolute atomic E-state index is 0.579. The van der Waals surface area contributed by atoms with Crippen molar-refractivity contribution in [1.29, 1.82) is 0 Å². The van der Waals surface area contributed by atoms with Crippen LogP contribution in [-0.2, 0) is 6.54 Å². The third kappa shape index (κ3) is 7.21. The van der Waals surface area contributed by atoms with Crippen LogP contribution in [0.2, 0.25) is 0 Å². The van der Waals surface area contributed by atoms with Crippen molar-refractivity contribution in [3.8, 4) is 5.75 Å². The SMILES string of the molecule is CN=C(NCCCN(C(C)C)C(C)C)NCc1cccc(OC)c1. The van der Waals surface area contributed by atoms with E-state index in [0.29, 0.717) is 12.1 Å². The minimum atomic E-state index is 0.579. The van der Waals surface area contributed by atoms with Crippen LogP contribution in [0.15, 0.2) is 29.3 Å². The second-order valence-electron chi connectivity index (χ2n) is 6.48. The highest BCUT2D eigenvalue weighted by Crippen LogP contribution is 2.12. The summed E-state index contributed by atoms with van der Waals surface area (Å²) >= 11 is 0. The molecular weight excluding hydrogens is 300 g/mol. The molecule has 0 heterocycles. The lowest BCUT2D eigenvalue weighted by atomic mass is 10.2. The molecule has 0 saturated heterocycles. The maximum Gasteiger partial charge on any atom is 0.191 e. The van der Waals surface area contributed by atoms with E-state index in [1.165, 1.54) is 5.56 Å². The minimum Gasteiger partial charge on any atom is -0.497 e. The summed E-state index contributed by atoms with van der Waals surface area (Å²) in [5.41, 5.74) is 1.17. The van der Waals surface area contributed by atoms with Crippen molar-refractivity contribution in [2.75, 3.05) is 27.2 Å². The third-order valence-corrected chi connectivity index (χ3v) is 4.03. The summed E-state index contributed by atoms with van der Waals surface area (Å²) < 4.78 is 5.25. The number of hydrogen-bond acceptors (Lipinski definition) is 3. The maximum atomic E-state index is 5.25. The third-order valence-electron chi connectivity index (χ3n) is 4.03. The number of ether oxygens (including phenoxy) is 1. The zero-order valence-corrected chi connectivity index (χ0v) is 16.1. The summed E-state index contributed by atoms with van der Waals surface area (Å²) in [6.45, 7) is 11.7. The van der Waals surface area contributed by atoms with Crippen molar-refractivity contribution < 1.29 is 4.74 Å². The van der Waals surface area contributed by atoms with E-state index in [-0.39, 0.29) is 0 Å². The molecule has 1 aromatic rings. The van der Waals surface area contributed by atoms with Crippen molar-refractivity contribution in [2.24, 2.45) is 4.99 Å². The number of rotatable bonds is 9. The molecule has 136 valence electrons. The fourth-order valence-electron chi connectivity index (χ4n) is 2.77. The summed E-state index contributed by atoms with van der Waals surface area (Å²) in [4.78, 5) is 6.79. The number of aliphatic imine (C=N–C) groups is 1. The predicted octanol–water partition coefficient (Wildman–Crippen LogP) is 2.87. The van der Waals surface area contributed by atoms with E-state index in [1.807, 2.05) is 18.2 Å². The smallest absolute Gasteiger partial charge is 0.191 e. The summed E-state index contributed by atoms with van der Waals surface area (Å²) in [7, 11) is 3.49. The molecule has 0 aromatic heterocycles. The fraction of sp³-hybridized carbons (Fsp3) is 0.632. The molecule has 0 fully saturated rings. The Kier molecular flexibility index (Phi) is 9.23. The first kappa shape index (κ1) is 20.3. The Hall–Kier alpha value is -1.75. The first-order valence-corrected chi connectivity index (χ1v) is 8.81. The van der Waals surface area contributed by atoms with Crippen molar-refractivity contribution in [3.63, 3.8) is 0 Å². The van der Waals surface area contributed by atoms with Gasteiger partial charge in [0, 0.05) is 38.8 Å². The van der Waals surface area contributed by atoms with Gasteiger partial charge in [-0.05, 0) is 51.8 Å².